The van der Waals surface area contributed by atoms with E-state index in [1.54, 1.807) is 6.92 Å². The highest BCUT2D eigenvalue weighted by molar-refractivity contribution is 7.81. The van der Waals surface area contributed by atoms with Crippen LogP contribution in [0.4, 0.5) is 0 Å². The fourth-order valence-corrected chi connectivity index (χ4v) is 1.94. The van der Waals surface area contributed by atoms with E-state index in [-0.39, 0.29) is 66.6 Å². The zero-order chi connectivity index (χ0) is 22.8. The van der Waals surface area contributed by atoms with Crippen molar-refractivity contribution in [2.45, 2.75) is 50.2 Å². The summed E-state index contributed by atoms with van der Waals surface area (Å²) >= 11 is 15.5. The predicted octanol–water partition coefficient (Wildman–Crippen LogP) is 1.81. The molecule has 170 valence electrons. The number of thiol groups is 4. The van der Waals surface area contributed by atoms with Gasteiger partial charge in [0.15, 0.2) is 0 Å². The zero-order valence-corrected chi connectivity index (χ0v) is 20.3. The molecule has 3 unspecified atom stereocenters. The van der Waals surface area contributed by atoms with Gasteiger partial charge in [-0.15, -0.1) is 0 Å². The summed E-state index contributed by atoms with van der Waals surface area (Å²) in [4.78, 5) is 43.4. The summed E-state index contributed by atoms with van der Waals surface area (Å²) in [5, 5.41) is -0.0762. The third kappa shape index (κ3) is 23.4. The maximum atomic E-state index is 11.3. The van der Waals surface area contributed by atoms with Crippen molar-refractivity contribution in [2.75, 3.05) is 31.3 Å². The van der Waals surface area contributed by atoms with Crippen LogP contribution in [0, 0.1) is 0 Å². The van der Waals surface area contributed by atoms with E-state index in [1.807, 2.05) is 13.8 Å². The highest BCUT2D eigenvalue weighted by Gasteiger charge is 2.14. The van der Waals surface area contributed by atoms with Gasteiger partial charge in [-0.2, -0.15) is 50.5 Å². The molecule has 0 spiro atoms. The Morgan fingerprint density at radius 2 is 1.10 bits per heavy atom. The van der Waals surface area contributed by atoms with Gasteiger partial charge in [0.2, 0.25) is 0 Å². The molecule has 8 nitrogen and oxygen atoms in total. The van der Waals surface area contributed by atoms with Crippen molar-refractivity contribution in [3.63, 3.8) is 0 Å². The van der Waals surface area contributed by atoms with E-state index in [1.165, 1.54) is 0 Å². The minimum atomic E-state index is -0.436. The average molecular weight is 491 g/mol. The number of hydrogen-bond donors (Lipinski definition) is 4. The van der Waals surface area contributed by atoms with Crippen molar-refractivity contribution in [1.29, 1.82) is 0 Å². The van der Waals surface area contributed by atoms with Crippen molar-refractivity contribution in [2.24, 2.45) is 0 Å². The van der Waals surface area contributed by atoms with Crippen molar-refractivity contribution in [3.05, 3.63) is 0 Å². The van der Waals surface area contributed by atoms with E-state index < -0.39 is 18.0 Å². The van der Waals surface area contributed by atoms with Gasteiger partial charge >= 0.3 is 23.9 Å². The largest absolute Gasteiger partial charge is 0.462 e. The van der Waals surface area contributed by atoms with Crippen molar-refractivity contribution >= 4 is 74.4 Å². The molecule has 0 bridgehead atoms. The molecule has 0 saturated heterocycles. The first kappa shape index (κ1) is 30.5. The van der Waals surface area contributed by atoms with Crippen molar-refractivity contribution < 1.29 is 38.1 Å². The van der Waals surface area contributed by atoms with Gasteiger partial charge in [-0.25, -0.2) is 0 Å². The Balaban J connectivity index is 0. The normalized spacial score (nSPS) is 13.1. The van der Waals surface area contributed by atoms with E-state index in [2.05, 4.69) is 60.0 Å². The first-order valence-electron chi connectivity index (χ1n) is 8.75. The minimum Gasteiger partial charge on any atom is -0.462 e. The molecular formula is C17H30O8S4. The SMILES string of the molecule is CC(S)CC(=O)OCC(C)OC(=O)CC(C)S.O=C(CS)OCCOC(=O)CS. The van der Waals surface area contributed by atoms with Gasteiger partial charge in [0, 0.05) is 10.5 Å². The van der Waals surface area contributed by atoms with Crippen LogP contribution in [0.5, 0.6) is 0 Å². The van der Waals surface area contributed by atoms with Crippen LogP contribution >= 0.6 is 50.5 Å². The first-order chi connectivity index (χ1) is 13.5. The van der Waals surface area contributed by atoms with E-state index >= 15 is 0 Å². The molecule has 0 aromatic carbocycles. The Hall–Kier alpha value is -0.720. The van der Waals surface area contributed by atoms with E-state index in [0.717, 1.165) is 0 Å². The summed E-state index contributed by atoms with van der Waals surface area (Å²) in [6.45, 7) is 5.51. The molecule has 0 aliphatic heterocycles. The second-order valence-corrected chi connectivity index (χ2v) is 8.24. The second-order valence-electron chi connectivity index (χ2n) is 5.85. The monoisotopic (exact) mass is 490 g/mol. The molecule has 0 saturated carbocycles. The summed E-state index contributed by atoms with van der Waals surface area (Å²) in [5.74, 6) is -1.47. The van der Waals surface area contributed by atoms with Crippen LogP contribution < -0.4 is 0 Å². The van der Waals surface area contributed by atoms with Crippen LogP contribution in [0.25, 0.3) is 0 Å². The molecule has 0 aromatic rings. The Bertz CT molecular complexity index is 482. The maximum absolute atomic E-state index is 11.3. The Kier molecular flexibility index (Phi) is 20.2. The molecular weight excluding hydrogens is 460 g/mol. The van der Waals surface area contributed by atoms with Gasteiger partial charge in [-0.1, -0.05) is 13.8 Å². The van der Waals surface area contributed by atoms with Gasteiger partial charge in [-0.3, -0.25) is 19.2 Å². The minimum absolute atomic E-state index is 0.0283. The fraction of sp³-hybridized carbons (Fsp3) is 0.765. The Morgan fingerprint density at radius 3 is 1.48 bits per heavy atom. The van der Waals surface area contributed by atoms with Crippen molar-refractivity contribution in [3.8, 4) is 0 Å². The number of esters is 4. The van der Waals surface area contributed by atoms with Gasteiger partial charge in [0.05, 0.1) is 24.3 Å². The number of carbonyl (C=O) groups excluding carboxylic acids is 4. The lowest BCUT2D eigenvalue weighted by atomic mass is 10.3. The smallest absolute Gasteiger partial charge is 0.315 e. The van der Waals surface area contributed by atoms with Gasteiger partial charge in [-0.05, 0) is 6.92 Å². The molecule has 29 heavy (non-hydrogen) atoms. The number of carbonyl (C=O) groups is 4. The molecule has 12 heteroatoms. The lowest BCUT2D eigenvalue weighted by Gasteiger charge is -2.14. The lowest BCUT2D eigenvalue weighted by Crippen LogP contribution is -2.24. The molecule has 3 atom stereocenters. The molecule has 0 heterocycles. The average Bonchev–Trinajstić information content (AvgIpc) is 2.62. The van der Waals surface area contributed by atoms with Gasteiger partial charge in [0.1, 0.15) is 25.9 Å². The zero-order valence-electron chi connectivity index (χ0n) is 16.7. The topological polar surface area (TPSA) is 105 Å². The first-order valence-corrected chi connectivity index (χ1v) is 11.1. The van der Waals surface area contributed by atoms with Crippen LogP contribution in [-0.4, -0.2) is 71.8 Å². The third-order valence-corrected chi connectivity index (χ3v) is 3.48. The maximum Gasteiger partial charge on any atom is 0.315 e. The molecule has 0 amide bonds. The highest BCUT2D eigenvalue weighted by Crippen LogP contribution is 2.05. The van der Waals surface area contributed by atoms with E-state index in [4.69, 9.17) is 9.47 Å². The number of hydrogen-bond acceptors (Lipinski definition) is 12. The molecule has 0 N–H and O–H groups in total. The molecule has 0 rings (SSSR count). The lowest BCUT2D eigenvalue weighted by molar-refractivity contribution is -0.157. The number of rotatable bonds is 12. The summed E-state index contributed by atoms with van der Waals surface area (Å²) in [5.41, 5.74) is 0. The quantitative estimate of drug-likeness (QED) is 0.142. The number of ether oxygens (including phenoxy) is 4. The summed E-state index contributed by atoms with van der Waals surface area (Å²) in [7, 11) is 0. The van der Waals surface area contributed by atoms with E-state index in [0.29, 0.717) is 0 Å². The van der Waals surface area contributed by atoms with Crippen LogP contribution in [-0.2, 0) is 38.1 Å². The molecule has 0 aliphatic rings. The predicted molar refractivity (Wildman–Crippen MR) is 122 cm³/mol. The van der Waals surface area contributed by atoms with Crippen LogP contribution in [0.3, 0.4) is 0 Å². The molecule has 0 fully saturated rings. The van der Waals surface area contributed by atoms with Crippen LogP contribution in [0.15, 0.2) is 0 Å². The Morgan fingerprint density at radius 1 is 0.690 bits per heavy atom. The van der Waals surface area contributed by atoms with Gasteiger partial charge in [0.25, 0.3) is 0 Å². The fourth-order valence-electron chi connectivity index (χ4n) is 1.46. The van der Waals surface area contributed by atoms with E-state index in [9.17, 15) is 19.2 Å². The molecule has 0 radical (unpaired) electrons. The summed E-state index contributed by atoms with van der Waals surface area (Å²) < 4.78 is 19.1. The molecule has 0 aliphatic carbocycles. The second kappa shape index (κ2) is 19.3. The molecule has 0 aromatic heterocycles. The summed E-state index contributed by atoms with van der Waals surface area (Å²) in [6.07, 6.45) is 0.0562. The highest BCUT2D eigenvalue weighted by atomic mass is 32.1. The van der Waals surface area contributed by atoms with Crippen LogP contribution in [0.1, 0.15) is 33.6 Å². The Labute approximate surface area is 193 Å². The van der Waals surface area contributed by atoms with Gasteiger partial charge < -0.3 is 18.9 Å². The third-order valence-electron chi connectivity index (χ3n) is 2.60. The standard InChI is InChI=1S/C11H20O4S2.C6H10O4S2/c1-7(15-11(13)5-9(3)17)6-14-10(12)4-8(2)16;7-5(3-11)9-1-2-10-6(8)4-12/h7-9,16-17H,4-6H2,1-3H3;11-12H,1-4H2. The van der Waals surface area contributed by atoms with Crippen LogP contribution in [0.2, 0.25) is 0 Å². The van der Waals surface area contributed by atoms with Crippen molar-refractivity contribution in [1.82, 2.24) is 0 Å². The summed E-state index contributed by atoms with van der Waals surface area (Å²) in [6, 6.07) is 0.